The average Bonchev–Trinajstić information content (AvgIpc) is 3.10. The number of furan rings is 1. The van der Waals surface area contributed by atoms with E-state index in [4.69, 9.17) is 4.42 Å². The Labute approximate surface area is 165 Å². The molecule has 130 valence electrons. The quantitative estimate of drug-likeness (QED) is 0.299. The second-order valence-electron chi connectivity index (χ2n) is 6.40. The number of hydrogen-bond acceptors (Lipinski definition) is 2. The molecule has 0 radical (unpaired) electrons. The summed E-state index contributed by atoms with van der Waals surface area (Å²) in [4.78, 5) is 2.27. The molecule has 2 nitrogen and oxygen atoms in total. The molecule has 0 saturated carbocycles. The van der Waals surface area contributed by atoms with Crippen LogP contribution < -0.4 is 4.90 Å². The van der Waals surface area contributed by atoms with Crippen molar-refractivity contribution in [3.05, 3.63) is 102 Å². The Balaban J connectivity index is 1.83. The zero-order chi connectivity index (χ0) is 18.2. The van der Waals surface area contributed by atoms with Crippen LogP contribution in [0.2, 0.25) is 0 Å². The molecule has 4 aromatic carbocycles. The maximum absolute atomic E-state index is 6.10. The number of rotatable bonds is 3. The minimum Gasteiger partial charge on any atom is -0.456 e. The lowest BCUT2D eigenvalue weighted by molar-refractivity contribution is 0.669. The largest absolute Gasteiger partial charge is 0.456 e. The maximum atomic E-state index is 6.10. The molecule has 0 saturated heterocycles. The van der Waals surface area contributed by atoms with Crippen molar-refractivity contribution in [2.75, 3.05) is 4.90 Å². The smallest absolute Gasteiger partial charge is 0.137 e. The standard InChI is InChI=1S/C24H16BrNO/c25-17-13-15-19(16-14-17)26(18-7-2-1-3-8-18)21-10-6-12-23-24(21)20-9-4-5-11-22(20)27-23/h1-16H. The van der Waals surface area contributed by atoms with Gasteiger partial charge in [0.2, 0.25) is 0 Å². The highest BCUT2D eigenvalue weighted by Gasteiger charge is 2.18. The number of anilines is 3. The maximum Gasteiger partial charge on any atom is 0.137 e. The first-order valence-corrected chi connectivity index (χ1v) is 9.61. The van der Waals surface area contributed by atoms with Crippen molar-refractivity contribution in [1.29, 1.82) is 0 Å². The number of benzene rings is 4. The van der Waals surface area contributed by atoms with E-state index >= 15 is 0 Å². The molecule has 5 rings (SSSR count). The lowest BCUT2D eigenvalue weighted by Gasteiger charge is -2.26. The van der Waals surface area contributed by atoms with Crippen molar-refractivity contribution in [3.63, 3.8) is 0 Å². The van der Waals surface area contributed by atoms with Gasteiger partial charge in [0.25, 0.3) is 0 Å². The van der Waals surface area contributed by atoms with Gasteiger partial charge in [0.05, 0.1) is 11.1 Å². The number of para-hydroxylation sites is 2. The second kappa shape index (κ2) is 6.60. The van der Waals surface area contributed by atoms with Crippen LogP contribution in [-0.2, 0) is 0 Å². The summed E-state index contributed by atoms with van der Waals surface area (Å²) in [7, 11) is 0. The van der Waals surface area contributed by atoms with Gasteiger partial charge in [-0.2, -0.15) is 0 Å². The van der Waals surface area contributed by atoms with E-state index in [2.05, 4.69) is 93.6 Å². The molecule has 1 heterocycles. The van der Waals surface area contributed by atoms with E-state index in [1.165, 1.54) is 0 Å². The summed E-state index contributed by atoms with van der Waals surface area (Å²) >= 11 is 3.54. The zero-order valence-corrected chi connectivity index (χ0v) is 16.1. The molecule has 0 aliphatic rings. The molecule has 0 bridgehead atoms. The average molecular weight is 414 g/mol. The van der Waals surface area contributed by atoms with Crippen molar-refractivity contribution in [2.24, 2.45) is 0 Å². The first-order valence-electron chi connectivity index (χ1n) is 8.82. The van der Waals surface area contributed by atoms with Crippen LogP contribution in [0.4, 0.5) is 17.1 Å². The lowest BCUT2D eigenvalue weighted by Crippen LogP contribution is -2.10. The number of halogens is 1. The van der Waals surface area contributed by atoms with Gasteiger partial charge in [0.1, 0.15) is 11.2 Å². The van der Waals surface area contributed by atoms with E-state index in [0.717, 1.165) is 43.5 Å². The van der Waals surface area contributed by atoms with Crippen molar-refractivity contribution in [1.82, 2.24) is 0 Å². The highest BCUT2D eigenvalue weighted by molar-refractivity contribution is 9.10. The Bertz CT molecular complexity index is 1230. The molecule has 0 aliphatic carbocycles. The molecule has 0 aliphatic heterocycles. The van der Waals surface area contributed by atoms with Crippen LogP contribution in [0, 0.1) is 0 Å². The van der Waals surface area contributed by atoms with E-state index in [1.54, 1.807) is 0 Å². The number of fused-ring (bicyclic) bond motifs is 3. The van der Waals surface area contributed by atoms with Crippen molar-refractivity contribution < 1.29 is 4.42 Å². The topological polar surface area (TPSA) is 16.4 Å². The fraction of sp³-hybridized carbons (Fsp3) is 0. The monoisotopic (exact) mass is 413 g/mol. The molecule has 5 aromatic rings. The minimum atomic E-state index is 0.895. The van der Waals surface area contributed by atoms with Crippen molar-refractivity contribution in [2.45, 2.75) is 0 Å². The minimum absolute atomic E-state index is 0.895. The van der Waals surface area contributed by atoms with Crippen LogP contribution in [0.1, 0.15) is 0 Å². The summed E-state index contributed by atoms with van der Waals surface area (Å²) in [5.74, 6) is 0. The van der Waals surface area contributed by atoms with Crippen LogP contribution in [0.15, 0.2) is 106 Å². The van der Waals surface area contributed by atoms with Gasteiger partial charge in [-0.1, -0.05) is 58.4 Å². The zero-order valence-electron chi connectivity index (χ0n) is 14.5. The summed E-state index contributed by atoms with van der Waals surface area (Å²) in [6.07, 6.45) is 0. The molecule has 0 N–H and O–H groups in total. The second-order valence-corrected chi connectivity index (χ2v) is 7.31. The Morgan fingerprint density at radius 2 is 1.26 bits per heavy atom. The molecule has 0 unspecified atom stereocenters. The molecule has 0 spiro atoms. The van der Waals surface area contributed by atoms with E-state index in [-0.39, 0.29) is 0 Å². The highest BCUT2D eigenvalue weighted by atomic mass is 79.9. The molecule has 0 fully saturated rings. The molecular formula is C24H16BrNO. The number of hydrogen-bond donors (Lipinski definition) is 0. The Morgan fingerprint density at radius 3 is 2.07 bits per heavy atom. The number of nitrogens with zero attached hydrogens (tertiary/aromatic N) is 1. The molecule has 3 heteroatoms. The highest BCUT2D eigenvalue weighted by Crippen LogP contribution is 2.42. The van der Waals surface area contributed by atoms with Crippen molar-refractivity contribution in [3.8, 4) is 0 Å². The fourth-order valence-electron chi connectivity index (χ4n) is 3.54. The van der Waals surface area contributed by atoms with E-state index in [9.17, 15) is 0 Å². The van der Waals surface area contributed by atoms with Crippen molar-refractivity contribution >= 4 is 54.9 Å². The van der Waals surface area contributed by atoms with Crippen LogP contribution in [-0.4, -0.2) is 0 Å². The normalized spacial score (nSPS) is 11.1. The van der Waals surface area contributed by atoms with Gasteiger partial charge in [-0.15, -0.1) is 0 Å². The predicted molar refractivity (Wildman–Crippen MR) is 116 cm³/mol. The Kier molecular flexibility index (Phi) is 3.95. The predicted octanol–water partition coefficient (Wildman–Crippen LogP) is 7.82. The third-order valence-electron chi connectivity index (χ3n) is 4.72. The SMILES string of the molecule is Brc1ccc(N(c2ccccc2)c2cccc3oc4ccccc4c23)cc1. The molecule has 0 amide bonds. The van der Waals surface area contributed by atoms with Gasteiger partial charge in [-0.3, -0.25) is 0 Å². The van der Waals surface area contributed by atoms with Crippen LogP contribution >= 0.6 is 15.9 Å². The van der Waals surface area contributed by atoms with Crippen LogP contribution in [0.5, 0.6) is 0 Å². The van der Waals surface area contributed by atoms with E-state index in [0.29, 0.717) is 0 Å². The molecule has 27 heavy (non-hydrogen) atoms. The Morgan fingerprint density at radius 1 is 0.593 bits per heavy atom. The van der Waals surface area contributed by atoms with E-state index in [1.807, 2.05) is 24.3 Å². The van der Waals surface area contributed by atoms with Gasteiger partial charge >= 0.3 is 0 Å². The van der Waals surface area contributed by atoms with Gasteiger partial charge in [0.15, 0.2) is 0 Å². The third-order valence-corrected chi connectivity index (χ3v) is 5.25. The van der Waals surface area contributed by atoms with Gasteiger partial charge < -0.3 is 9.32 Å². The van der Waals surface area contributed by atoms with Gasteiger partial charge in [0, 0.05) is 21.2 Å². The molecule has 0 atom stereocenters. The van der Waals surface area contributed by atoms with Crippen LogP contribution in [0.3, 0.4) is 0 Å². The molecule has 1 aromatic heterocycles. The lowest BCUT2D eigenvalue weighted by atomic mass is 10.1. The van der Waals surface area contributed by atoms with Gasteiger partial charge in [-0.05, 0) is 54.6 Å². The first-order chi connectivity index (χ1) is 13.3. The van der Waals surface area contributed by atoms with Gasteiger partial charge in [-0.25, -0.2) is 0 Å². The van der Waals surface area contributed by atoms with Crippen LogP contribution in [0.25, 0.3) is 21.9 Å². The molecular weight excluding hydrogens is 398 g/mol. The first kappa shape index (κ1) is 16.2. The summed E-state index contributed by atoms with van der Waals surface area (Å²) in [6, 6.07) is 33.2. The third kappa shape index (κ3) is 2.81. The van der Waals surface area contributed by atoms with E-state index < -0.39 is 0 Å². The summed E-state index contributed by atoms with van der Waals surface area (Å²) in [5.41, 5.74) is 5.11. The fourth-order valence-corrected chi connectivity index (χ4v) is 3.80. The summed E-state index contributed by atoms with van der Waals surface area (Å²) in [6.45, 7) is 0. The Hall–Kier alpha value is -3.04. The summed E-state index contributed by atoms with van der Waals surface area (Å²) in [5, 5.41) is 2.25. The summed E-state index contributed by atoms with van der Waals surface area (Å²) < 4.78 is 7.16.